The number of sulfonamides is 1. The van der Waals surface area contributed by atoms with E-state index in [-0.39, 0.29) is 11.1 Å². The monoisotopic (exact) mass is 274 g/mol. The summed E-state index contributed by atoms with van der Waals surface area (Å²) in [6, 6.07) is 5.51. The highest BCUT2D eigenvalue weighted by molar-refractivity contribution is 7.89. The Morgan fingerprint density at radius 3 is 2.88 bits per heavy atom. The Balaban J connectivity index is 1.94. The molecule has 2 heterocycles. The largest absolute Gasteiger partial charge is 0.261 e. The summed E-state index contributed by atoms with van der Waals surface area (Å²) in [7, 11) is -3.18. The highest BCUT2D eigenvalue weighted by Crippen LogP contribution is 2.18. The van der Waals surface area contributed by atoms with Crippen molar-refractivity contribution in [2.75, 3.05) is 18.8 Å². The van der Waals surface area contributed by atoms with E-state index in [4.69, 9.17) is 11.6 Å². The standard InChI is InChI=1S/C11H15ClN2O2S/c12-10-4-7-14(9-10)17(15,16)8-5-11-3-1-2-6-13-11/h1-3,6,10H,4-5,7-9H2. The lowest BCUT2D eigenvalue weighted by atomic mass is 10.3. The Bertz CT molecular complexity index is 464. The van der Waals surface area contributed by atoms with E-state index in [1.165, 1.54) is 4.31 Å². The van der Waals surface area contributed by atoms with Gasteiger partial charge in [-0.15, -0.1) is 11.6 Å². The van der Waals surface area contributed by atoms with Gasteiger partial charge in [-0.1, -0.05) is 6.07 Å². The highest BCUT2D eigenvalue weighted by atomic mass is 35.5. The Hall–Kier alpha value is -0.650. The van der Waals surface area contributed by atoms with Crippen LogP contribution in [-0.4, -0.2) is 41.9 Å². The normalized spacial score (nSPS) is 21.8. The first-order valence-electron chi connectivity index (χ1n) is 5.60. The summed E-state index contributed by atoms with van der Waals surface area (Å²) < 4.78 is 25.5. The van der Waals surface area contributed by atoms with E-state index in [0.29, 0.717) is 19.5 Å². The quantitative estimate of drug-likeness (QED) is 0.777. The molecule has 6 heteroatoms. The molecule has 1 aliphatic rings. The van der Waals surface area contributed by atoms with Gasteiger partial charge in [0.2, 0.25) is 10.0 Å². The second-order valence-corrected chi connectivity index (χ2v) is 6.84. The predicted molar refractivity (Wildman–Crippen MR) is 67.6 cm³/mol. The van der Waals surface area contributed by atoms with Gasteiger partial charge < -0.3 is 0 Å². The summed E-state index contributed by atoms with van der Waals surface area (Å²) in [5.41, 5.74) is 0.803. The molecule has 0 aromatic carbocycles. The topological polar surface area (TPSA) is 50.3 Å². The lowest BCUT2D eigenvalue weighted by Crippen LogP contribution is -2.31. The van der Waals surface area contributed by atoms with Crippen LogP contribution in [0.3, 0.4) is 0 Å². The van der Waals surface area contributed by atoms with E-state index in [9.17, 15) is 8.42 Å². The second-order valence-electron chi connectivity index (χ2n) is 4.13. The van der Waals surface area contributed by atoms with Gasteiger partial charge in [0.05, 0.1) is 5.75 Å². The van der Waals surface area contributed by atoms with E-state index >= 15 is 0 Å². The van der Waals surface area contributed by atoms with Gasteiger partial charge in [0.15, 0.2) is 0 Å². The molecular weight excluding hydrogens is 260 g/mol. The fraction of sp³-hybridized carbons (Fsp3) is 0.545. The second kappa shape index (κ2) is 5.33. The number of nitrogens with zero attached hydrogens (tertiary/aromatic N) is 2. The van der Waals surface area contributed by atoms with Crippen molar-refractivity contribution < 1.29 is 8.42 Å². The molecule has 0 amide bonds. The molecule has 0 radical (unpaired) electrons. The first-order valence-corrected chi connectivity index (χ1v) is 7.64. The minimum Gasteiger partial charge on any atom is -0.261 e. The molecule has 1 aliphatic heterocycles. The van der Waals surface area contributed by atoms with Gasteiger partial charge in [0.1, 0.15) is 0 Å². The Morgan fingerprint density at radius 1 is 1.47 bits per heavy atom. The molecule has 1 unspecified atom stereocenters. The van der Waals surface area contributed by atoms with Gasteiger partial charge in [0.25, 0.3) is 0 Å². The molecule has 1 fully saturated rings. The van der Waals surface area contributed by atoms with Crippen molar-refractivity contribution in [3.63, 3.8) is 0 Å². The van der Waals surface area contributed by atoms with Crippen LogP contribution in [0.15, 0.2) is 24.4 Å². The number of rotatable bonds is 4. The lowest BCUT2D eigenvalue weighted by molar-refractivity contribution is 0.477. The van der Waals surface area contributed by atoms with E-state index in [2.05, 4.69) is 4.98 Å². The molecule has 4 nitrogen and oxygen atoms in total. The van der Waals surface area contributed by atoms with Crippen molar-refractivity contribution in [3.05, 3.63) is 30.1 Å². The number of aromatic nitrogens is 1. The first kappa shape index (κ1) is 12.8. The molecule has 1 aromatic heterocycles. The fourth-order valence-electron chi connectivity index (χ4n) is 1.85. The van der Waals surface area contributed by atoms with Crippen LogP contribution in [0.1, 0.15) is 12.1 Å². The van der Waals surface area contributed by atoms with Crippen LogP contribution in [-0.2, 0) is 16.4 Å². The van der Waals surface area contributed by atoms with Crippen LogP contribution in [0.5, 0.6) is 0 Å². The number of alkyl halides is 1. The van der Waals surface area contributed by atoms with Gasteiger partial charge in [-0.25, -0.2) is 12.7 Å². The number of aryl methyl sites for hydroxylation is 1. The van der Waals surface area contributed by atoms with Crippen LogP contribution in [0.2, 0.25) is 0 Å². The molecule has 1 saturated heterocycles. The van der Waals surface area contributed by atoms with Gasteiger partial charge in [-0.05, 0) is 18.6 Å². The average molecular weight is 275 g/mol. The molecule has 0 spiro atoms. The molecule has 2 rings (SSSR count). The van der Waals surface area contributed by atoms with E-state index in [1.54, 1.807) is 6.20 Å². The zero-order chi connectivity index (χ0) is 12.3. The fourth-order valence-corrected chi connectivity index (χ4v) is 3.71. The maximum Gasteiger partial charge on any atom is 0.214 e. The maximum absolute atomic E-state index is 12.0. The summed E-state index contributed by atoms with van der Waals surface area (Å²) in [6.45, 7) is 0.977. The number of pyridine rings is 1. The highest BCUT2D eigenvalue weighted by Gasteiger charge is 2.29. The van der Waals surface area contributed by atoms with Crippen LogP contribution >= 0.6 is 11.6 Å². The molecule has 0 saturated carbocycles. The third-order valence-electron chi connectivity index (χ3n) is 2.83. The Morgan fingerprint density at radius 2 is 2.29 bits per heavy atom. The molecule has 0 bridgehead atoms. The first-order chi connectivity index (χ1) is 8.08. The van der Waals surface area contributed by atoms with Crippen molar-refractivity contribution in [2.24, 2.45) is 0 Å². The zero-order valence-electron chi connectivity index (χ0n) is 9.42. The van der Waals surface area contributed by atoms with Crippen molar-refractivity contribution >= 4 is 21.6 Å². The lowest BCUT2D eigenvalue weighted by Gasteiger charge is -2.15. The third-order valence-corrected chi connectivity index (χ3v) is 5.02. The van der Waals surface area contributed by atoms with Gasteiger partial charge in [0, 0.05) is 36.8 Å². The molecule has 0 N–H and O–H groups in total. The molecule has 1 aromatic rings. The molecule has 0 aliphatic carbocycles. The van der Waals surface area contributed by atoms with E-state index < -0.39 is 10.0 Å². The van der Waals surface area contributed by atoms with Crippen LogP contribution in [0, 0.1) is 0 Å². The average Bonchev–Trinajstić information content (AvgIpc) is 2.76. The Labute approximate surface area is 107 Å². The van der Waals surface area contributed by atoms with Crippen molar-refractivity contribution in [3.8, 4) is 0 Å². The zero-order valence-corrected chi connectivity index (χ0v) is 11.0. The van der Waals surface area contributed by atoms with Crippen LogP contribution < -0.4 is 0 Å². The summed E-state index contributed by atoms with van der Waals surface area (Å²) >= 11 is 5.91. The predicted octanol–water partition coefficient (Wildman–Crippen LogP) is 1.27. The molecule has 1 atom stereocenters. The third kappa shape index (κ3) is 3.40. The van der Waals surface area contributed by atoms with Gasteiger partial charge in [-0.3, -0.25) is 4.98 Å². The van der Waals surface area contributed by atoms with E-state index in [0.717, 1.165) is 12.1 Å². The number of hydrogen-bond acceptors (Lipinski definition) is 3. The summed E-state index contributed by atoms with van der Waals surface area (Å²) in [6.07, 6.45) is 2.86. The van der Waals surface area contributed by atoms with Gasteiger partial charge >= 0.3 is 0 Å². The van der Waals surface area contributed by atoms with Crippen molar-refractivity contribution in [1.82, 2.24) is 9.29 Å². The van der Waals surface area contributed by atoms with Crippen molar-refractivity contribution in [1.29, 1.82) is 0 Å². The summed E-state index contributed by atoms with van der Waals surface area (Å²) in [5, 5.41) is -0.0420. The molecule has 94 valence electrons. The Kier molecular flexibility index (Phi) is 4.01. The molecule has 17 heavy (non-hydrogen) atoms. The van der Waals surface area contributed by atoms with Crippen LogP contribution in [0.25, 0.3) is 0 Å². The van der Waals surface area contributed by atoms with Crippen molar-refractivity contribution in [2.45, 2.75) is 18.2 Å². The maximum atomic E-state index is 12.0. The van der Waals surface area contributed by atoms with E-state index in [1.807, 2.05) is 18.2 Å². The molecular formula is C11H15ClN2O2S. The SMILES string of the molecule is O=S(=O)(CCc1ccccn1)N1CCC(Cl)C1. The summed E-state index contributed by atoms with van der Waals surface area (Å²) in [4.78, 5) is 4.11. The minimum absolute atomic E-state index is 0.0420. The smallest absolute Gasteiger partial charge is 0.214 e. The van der Waals surface area contributed by atoms with Gasteiger partial charge in [-0.2, -0.15) is 0 Å². The van der Waals surface area contributed by atoms with Crippen LogP contribution in [0.4, 0.5) is 0 Å². The summed E-state index contributed by atoms with van der Waals surface area (Å²) in [5.74, 6) is 0.105. The number of halogens is 1. The minimum atomic E-state index is -3.18. The number of hydrogen-bond donors (Lipinski definition) is 0.